The van der Waals surface area contributed by atoms with Crippen LogP contribution in [0, 0.1) is 11.7 Å². The third-order valence-electron chi connectivity index (χ3n) is 8.93. The monoisotopic (exact) mass is 643 g/mol. The molecule has 242 valence electrons. The van der Waals surface area contributed by atoms with E-state index in [1.165, 1.54) is 49.6 Å². The maximum Gasteiger partial charge on any atom is 0.398 e. The van der Waals surface area contributed by atoms with Crippen LogP contribution in [0.15, 0.2) is 54.1 Å². The number of ether oxygens (including phenoxy) is 2. The minimum atomic E-state index is -4.81. The number of amides is 1. The summed E-state index contributed by atoms with van der Waals surface area (Å²) in [5.41, 5.74) is 7.27. The molecule has 1 unspecified atom stereocenters. The number of hydrogen-bond donors (Lipinski definition) is 2. The standard InChI is InChI=1S/C34H31F6N3O3/c1-17-19(13-28(36)37)3-4-20-11-21(12-27(45-2)29(17)20)32(44)42-15-25(34(38,39)40)26-14-24-31(46-16-33(24,41)22-7-8-22)30(43-26)18-5-9-23(35)10-6-18/h4-6,9-14,22,25,28H,3,7-8,15-16,41H2,1-2H3,(H,42,44)/b19-13+/t25?,33-/m1/s1. The average molecular weight is 644 g/mol. The van der Waals surface area contributed by atoms with Gasteiger partial charge < -0.3 is 20.5 Å². The molecule has 1 saturated carbocycles. The highest BCUT2D eigenvalue weighted by Crippen LogP contribution is 2.53. The Morgan fingerprint density at radius 3 is 2.54 bits per heavy atom. The van der Waals surface area contributed by atoms with Crippen LogP contribution in [0.5, 0.6) is 11.5 Å². The van der Waals surface area contributed by atoms with Gasteiger partial charge in [-0.3, -0.25) is 4.79 Å². The lowest BCUT2D eigenvalue weighted by atomic mass is 9.86. The number of benzene rings is 2. The van der Waals surface area contributed by atoms with E-state index in [9.17, 15) is 31.1 Å². The summed E-state index contributed by atoms with van der Waals surface area (Å²) in [7, 11) is 1.36. The first-order chi connectivity index (χ1) is 21.8. The number of allylic oxidation sites excluding steroid dienone is 2. The molecule has 2 atom stereocenters. The number of hydrogen-bond acceptors (Lipinski definition) is 5. The SMILES string of the molecule is COc1cc(C(=O)NCC(c2cc3c(c(-c4ccc(F)cc4)n2)OC[C@@]3(N)C2CC2)C(F)(F)F)cc2c1=C(C)/C(=C/C(F)F)CC=2. The molecule has 6 nitrogen and oxygen atoms in total. The van der Waals surface area contributed by atoms with Crippen LogP contribution in [0.4, 0.5) is 26.3 Å². The van der Waals surface area contributed by atoms with Gasteiger partial charge in [-0.05, 0) is 97.0 Å². The van der Waals surface area contributed by atoms with Gasteiger partial charge in [0.05, 0.1) is 18.3 Å². The Hall–Kier alpha value is -4.32. The lowest BCUT2D eigenvalue weighted by Crippen LogP contribution is -2.41. The van der Waals surface area contributed by atoms with Crippen molar-refractivity contribution in [1.82, 2.24) is 10.3 Å². The molecule has 2 aliphatic carbocycles. The molecule has 1 aromatic heterocycles. The van der Waals surface area contributed by atoms with E-state index in [1.807, 2.05) is 0 Å². The van der Waals surface area contributed by atoms with E-state index < -0.39 is 42.3 Å². The van der Waals surface area contributed by atoms with E-state index in [0.29, 0.717) is 32.7 Å². The molecule has 0 radical (unpaired) electrons. The van der Waals surface area contributed by atoms with Crippen molar-refractivity contribution in [2.24, 2.45) is 11.7 Å². The van der Waals surface area contributed by atoms with Crippen molar-refractivity contribution < 1.29 is 40.6 Å². The first kappa shape index (κ1) is 31.7. The summed E-state index contributed by atoms with van der Waals surface area (Å²) < 4.78 is 95.2. The van der Waals surface area contributed by atoms with E-state index >= 15 is 0 Å². The van der Waals surface area contributed by atoms with Gasteiger partial charge in [-0.2, -0.15) is 13.2 Å². The number of fused-ring (bicyclic) bond motifs is 2. The maximum atomic E-state index is 14.7. The molecule has 3 N–H and O–H groups in total. The van der Waals surface area contributed by atoms with Crippen molar-refractivity contribution >= 4 is 17.6 Å². The minimum absolute atomic E-state index is 0.0349. The van der Waals surface area contributed by atoms with Gasteiger partial charge in [0.2, 0.25) is 0 Å². The number of aromatic nitrogens is 1. The molecule has 0 spiro atoms. The summed E-state index contributed by atoms with van der Waals surface area (Å²) in [6, 6.07) is 9.37. The zero-order chi connectivity index (χ0) is 33.0. The lowest BCUT2D eigenvalue weighted by molar-refractivity contribution is -0.149. The summed E-state index contributed by atoms with van der Waals surface area (Å²) in [5.74, 6) is -2.99. The molecule has 1 fully saturated rings. The minimum Gasteiger partial charge on any atom is -0.496 e. The molecule has 12 heteroatoms. The fourth-order valence-corrected chi connectivity index (χ4v) is 6.29. The highest BCUT2D eigenvalue weighted by Gasteiger charge is 2.51. The summed E-state index contributed by atoms with van der Waals surface area (Å²) in [6.45, 7) is 0.909. The van der Waals surface area contributed by atoms with Crippen LogP contribution in [-0.4, -0.2) is 43.8 Å². The zero-order valence-corrected chi connectivity index (χ0v) is 25.0. The van der Waals surface area contributed by atoms with Gasteiger partial charge in [0.25, 0.3) is 12.3 Å². The van der Waals surface area contributed by atoms with Crippen LogP contribution in [-0.2, 0) is 5.54 Å². The number of carbonyl (C=O) groups excluding carboxylic acids is 1. The quantitative estimate of drug-likeness (QED) is 0.318. The van der Waals surface area contributed by atoms with Crippen molar-refractivity contribution in [1.29, 1.82) is 0 Å². The van der Waals surface area contributed by atoms with Crippen LogP contribution < -0.4 is 31.0 Å². The first-order valence-electron chi connectivity index (χ1n) is 14.8. The molecule has 3 aliphatic rings. The number of pyridine rings is 1. The largest absolute Gasteiger partial charge is 0.496 e. The fourth-order valence-electron chi connectivity index (χ4n) is 6.29. The summed E-state index contributed by atoms with van der Waals surface area (Å²) >= 11 is 0. The predicted octanol–water partition coefficient (Wildman–Crippen LogP) is 5.47. The maximum absolute atomic E-state index is 14.7. The predicted molar refractivity (Wildman–Crippen MR) is 159 cm³/mol. The Kier molecular flexibility index (Phi) is 8.12. The Labute approximate surface area is 260 Å². The normalized spacial score (nSPS) is 20.6. The van der Waals surface area contributed by atoms with Crippen LogP contribution >= 0.6 is 0 Å². The van der Waals surface area contributed by atoms with Gasteiger partial charge in [-0.25, -0.2) is 18.2 Å². The van der Waals surface area contributed by atoms with Crippen LogP contribution in [0.1, 0.15) is 53.7 Å². The third-order valence-corrected chi connectivity index (χ3v) is 8.93. The van der Waals surface area contributed by atoms with Crippen molar-refractivity contribution in [3.8, 4) is 22.8 Å². The fraction of sp³-hybridized carbons (Fsp3) is 0.353. The molecule has 0 saturated heterocycles. The molecule has 1 amide bonds. The van der Waals surface area contributed by atoms with Gasteiger partial charge in [0, 0.05) is 28.5 Å². The molecule has 46 heavy (non-hydrogen) atoms. The van der Waals surface area contributed by atoms with Crippen LogP contribution in [0.25, 0.3) is 22.9 Å². The van der Waals surface area contributed by atoms with Crippen molar-refractivity contribution in [2.75, 3.05) is 20.3 Å². The summed E-state index contributed by atoms with van der Waals surface area (Å²) in [5, 5.41) is 3.48. The van der Waals surface area contributed by atoms with E-state index in [2.05, 4.69) is 10.3 Å². The number of nitrogens with one attached hydrogen (secondary N) is 1. The Morgan fingerprint density at radius 2 is 1.91 bits per heavy atom. The molecule has 1 aliphatic heterocycles. The smallest absolute Gasteiger partial charge is 0.398 e. The van der Waals surface area contributed by atoms with Crippen molar-refractivity contribution in [3.63, 3.8) is 0 Å². The third kappa shape index (κ3) is 5.86. The lowest BCUT2D eigenvalue weighted by Gasteiger charge is -2.25. The molecule has 2 heterocycles. The van der Waals surface area contributed by atoms with Gasteiger partial charge in [0.15, 0.2) is 5.75 Å². The molecule has 2 aromatic carbocycles. The van der Waals surface area contributed by atoms with Crippen LogP contribution in [0.2, 0.25) is 0 Å². The molecule has 0 bridgehead atoms. The summed E-state index contributed by atoms with van der Waals surface area (Å²) in [4.78, 5) is 17.7. The number of carbonyl (C=O) groups is 1. The van der Waals surface area contributed by atoms with Gasteiger partial charge in [-0.1, -0.05) is 6.08 Å². The van der Waals surface area contributed by atoms with Crippen molar-refractivity contribution in [2.45, 2.75) is 50.2 Å². The molecular weight excluding hydrogens is 612 g/mol. The highest BCUT2D eigenvalue weighted by molar-refractivity contribution is 5.95. The van der Waals surface area contributed by atoms with Crippen molar-refractivity contribution in [3.05, 3.63) is 87.2 Å². The van der Waals surface area contributed by atoms with E-state index in [4.69, 9.17) is 15.2 Å². The number of rotatable bonds is 8. The number of nitrogens with two attached hydrogens (primary N) is 1. The number of alkyl halides is 5. The Bertz CT molecular complexity index is 1850. The second kappa shape index (κ2) is 11.8. The molecule has 3 aromatic rings. The van der Waals surface area contributed by atoms with E-state index in [1.54, 1.807) is 13.0 Å². The van der Waals surface area contributed by atoms with Gasteiger partial charge in [0.1, 0.15) is 29.8 Å². The van der Waals surface area contributed by atoms with E-state index in [0.717, 1.165) is 18.9 Å². The first-order valence-corrected chi connectivity index (χ1v) is 14.8. The topological polar surface area (TPSA) is 86.5 Å². The molecular formula is C34H31F6N3O3. The second-order valence-electron chi connectivity index (χ2n) is 11.9. The summed E-state index contributed by atoms with van der Waals surface area (Å²) in [6.07, 6.45) is -3.12. The zero-order valence-electron chi connectivity index (χ0n) is 25.0. The second-order valence-corrected chi connectivity index (χ2v) is 11.9. The molecule has 6 rings (SSSR count). The van der Waals surface area contributed by atoms with Crippen LogP contribution in [0.3, 0.4) is 0 Å². The van der Waals surface area contributed by atoms with Gasteiger partial charge in [-0.15, -0.1) is 0 Å². The Balaban J connectivity index is 1.36. The Morgan fingerprint density at radius 1 is 1.20 bits per heavy atom. The van der Waals surface area contributed by atoms with E-state index in [-0.39, 0.29) is 47.4 Å². The number of halogens is 6. The number of nitrogens with zero attached hydrogens (tertiary/aromatic N) is 1. The highest BCUT2D eigenvalue weighted by atomic mass is 19.4. The average Bonchev–Trinajstić information content (AvgIpc) is 3.81. The van der Waals surface area contributed by atoms with Gasteiger partial charge >= 0.3 is 6.18 Å². The number of methoxy groups -OCH3 is 1.